The smallest absolute Gasteiger partial charge is 0.210 e. The summed E-state index contributed by atoms with van der Waals surface area (Å²) >= 11 is 11.9. The van der Waals surface area contributed by atoms with Crippen molar-refractivity contribution >= 4 is 40.5 Å². The van der Waals surface area contributed by atoms with Crippen LogP contribution in [0.5, 0.6) is 11.5 Å². The molecular formula is C29H28Cl2N2O5. The van der Waals surface area contributed by atoms with Crippen molar-refractivity contribution < 1.29 is 23.7 Å². The van der Waals surface area contributed by atoms with Gasteiger partial charge in [-0.1, -0.05) is 47.5 Å². The van der Waals surface area contributed by atoms with Crippen molar-refractivity contribution in [2.45, 2.75) is 18.8 Å². The molecule has 3 aromatic carbocycles. The van der Waals surface area contributed by atoms with E-state index in [0.717, 1.165) is 46.5 Å². The van der Waals surface area contributed by atoms with Gasteiger partial charge in [0, 0.05) is 28.2 Å². The Morgan fingerprint density at radius 2 is 1.82 bits per heavy atom. The number of methoxy groups -OCH3 is 1. The van der Waals surface area contributed by atoms with Crippen LogP contribution in [-0.4, -0.2) is 56.1 Å². The van der Waals surface area contributed by atoms with E-state index in [2.05, 4.69) is 4.98 Å². The lowest BCUT2D eigenvalue weighted by atomic mass is 9.93. The first-order valence-electron chi connectivity index (χ1n) is 12.3. The quantitative estimate of drug-likeness (QED) is 0.295. The van der Waals surface area contributed by atoms with Crippen molar-refractivity contribution in [2.24, 2.45) is 0 Å². The second-order valence-electron chi connectivity index (χ2n) is 8.89. The number of carbonyl (C=O) groups is 1. The minimum Gasteiger partial charge on any atom is -0.495 e. The largest absolute Gasteiger partial charge is 0.495 e. The maximum absolute atomic E-state index is 11.8. The fourth-order valence-electron chi connectivity index (χ4n) is 4.78. The highest BCUT2D eigenvalue weighted by molar-refractivity contribution is 6.32. The van der Waals surface area contributed by atoms with E-state index in [4.69, 9.17) is 42.1 Å². The fourth-order valence-corrected chi connectivity index (χ4v) is 5.16. The number of amides is 1. The van der Waals surface area contributed by atoms with E-state index in [1.807, 2.05) is 65.6 Å². The van der Waals surface area contributed by atoms with Crippen LogP contribution in [0.15, 0.2) is 66.7 Å². The van der Waals surface area contributed by atoms with Crippen molar-refractivity contribution in [3.05, 3.63) is 93.6 Å². The van der Waals surface area contributed by atoms with E-state index in [1.165, 1.54) is 5.56 Å². The zero-order chi connectivity index (χ0) is 26.5. The van der Waals surface area contributed by atoms with Crippen molar-refractivity contribution in [2.75, 3.05) is 33.5 Å². The zero-order valence-corrected chi connectivity index (χ0v) is 22.4. The Morgan fingerprint density at radius 3 is 2.50 bits per heavy atom. The number of nitrogens with zero attached hydrogens (tertiary/aromatic N) is 1. The van der Waals surface area contributed by atoms with Crippen LogP contribution >= 0.6 is 23.2 Å². The van der Waals surface area contributed by atoms with Crippen LogP contribution in [0.3, 0.4) is 0 Å². The first-order chi connectivity index (χ1) is 18.6. The maximum Gasteiger partial charge on any atom is 0.210 e. The summed E-state index contributed by atoms with van der Waals surface area (Å²) in [6.45, 7) is 2.23. The Kier molecular flexibility index (Phi) is 8.39. The van der Waals surface area contributed by atoms with Gasteiger partial charge in [0.05, 0.1) is 31.4 Å². The Bertz CT molecular complexity index is 1390. The molecule has 1 atom stereocenters. The summed E-state index contributed by atoms with van der Waals surface area (Å²) < 4.78 is 21.5. The fraction of sp³-hybridized carbons (Fsp3) is 0.276. The van der Waals surface area contributed by atoms with Crippen LogP contribution in [0, 0.1) is 0 Å². The van der Waals surface area contributed by atoms with Gasteiger partial charge >= 0.3 is 0 Å². The molecular weight excluding hydrogens is 527 g/mol. The third-order valence-electron chi connectivity index (χ3n) is 6.59. The molecule has 38 heavy (non-hydrogen) atoms. The lowest BCUT2D eigenvalue weighted by Crippen LogP contribution is -2.34. The van der Waals surface area contributed by atoms with Crippen molar-refractivity contribution in [1.82, 2.24) is 9.88 Å². The maximum atomic E-state index is 11.8. The predicted octanol–water partition coefficient (Wildman–Crippen LogP) is 6.03. The molecule has 1 unspecified atom stereocenters. The first-order valence-corrected chi connectivity index (χ1v) is 13.1. The number of carbonyl (C=O) groups excluding carboxylic acids is 1. The average Bonchev–Trinajstić information content (AvgIpc) is 3.60. The number of aromatic nitrogens is 1. The molecule has 0 aliphatic carbocycles. The highest BCUT2D eigenvalue weighted by Gasteiger charge is 2.31. The predicted molar refractivity (Wildman–Crippen MR) is 147 cm³/mol. The first kappa shape index (κ1) is 26.4. The molecule has 9 heteroatoms. The van der Waals surface area contributed by atoms with Crippen LogP contribution in [0.4, 0.5) is 0 Å². The topological polar surface area (TPSA) is 73.0 Å². The van der Waals surface area contributed by atoms with E-state index in [-0.39, 0.29) is 12.3 Å². The molecule has 198 valence electrons. The number of nitrogens with one attached hydrogen (secondary N) is 1. The molecule has 3 heterocycles. The number of rotatable bonds is 6. The van der Waals surface area contributed by atoms with Gasteiger partial charge in [-0.2, -0.15) is 0 Å². The molecule has 1 amide bonds. The van der Waals surface area contributed by atoms with Crippen LogP contribution in [0.2, 0.25) is 10.0 Å². The number of ether oxygens (including phenoxy) is 4. The number of halogens is 2. The van der Waals surface area contributed by atoms with Gasteiger partial charge in [0.2, 0.25) is 6.41 Å². The van der Waals surface area contributed by atoms with Crippen LogP contribution in [0.1, 0.15) is 22.9 Å². The lowest BCUT2D eigenvalue weighted by Gasteiger charge is -2.33. The standard InChI is InChI=1S/C22H21ClN2O4.C7H7ClO/c23-15-3-6-19-18(11-15)17-7-8-25(13-26)22(21(17)24-19)14-1-4-16(5-2-14)29-12-20-27-9-10-28-20;1-9-7-5-3-2-4-6(7)8/h1-6,11,13,20,22,24H,7-10,12H2;2-5H,1H3. The number of hydrogen-bond donors (Lipinski definition) is 1. The van der Waals surface area contributed by atoms with Gasteiger partial charge in [-0.25, -0.2) is 0 Å². The van der Waals surface area contributed by atoms with Gasteiger partial charge in [-0.15, -0.1) is 0 Å². The number of hydrogen-bond acceptors (Lipinski definition) is 5. The van der Waals surface area contributed by atoms with Crippen LogP contribution in [-0.2, 0) is 20.7 Å². The molecule has 1 aromatic heterocycles. The summed E-state index contributed by atoms with van der Waals surface area (Å²) in [6, 6.07) is 20.9. The normalized spacial score (nSPS) is 17.0. The monoisotopic (exact) mass is 554 g/mol. The summed E-state index contributed by atoms with van der Waals surface area (Å²) in [4.78, 5) is 17.1. The third kappa shape index (κ3) is 5.76. The highest BCUT2D eigenvalue weighted by Crippen LogP contribution is 2.38. The third-order valence-corrected chi connectivity index (χ3v) is 7.14. The van der Waals surface area contributed by atoms with Gasteiger partial charge in [0.15, 0.2) is 6.29 Å². The van der Waals surface area contributed by atoms with E-state index in [1.54, 1.807) is 13.2 Å². The summed E-state index contributed by atoms with van der Waals surface area (Å²) in [6.07, 6.45) is 1.41. The van der Waals surface area contributed by atoms with E-state index in [9.17, 15) is 4.79 Å². The number of aromatic amines is 1. The molecule has 2 aliphatic heterocycles. The molecule has 7 nitrogen and oxygen atoms in total. The minimum atomic E-state index is -0.306. The molecule has 0 saturated carbocycles. The Balaban J connectivity index is 0.000000278. The zero-order valence-electron chi connectivity index (χ0n) is 20.9. The molecule has 4 aromatic rings. The van der Waals surface area contributed by atoms with Crippen LogP contribution in [0.25, 0.3) is 10.9 Å². The molecule has 1 saturated heterocycles. The van der Waals surface area contributed by atoms with Gasteiger partial charge in [0.25, 0.3) is 0 Å². The summed E-state index contributed by atoms with van der Waals surface area (Å²) in [5.74, 6) is 1.46. The van der Waals surface area contributed by atoms with Crippen molar-refractivity contribution in [1.29, 1.82) is 0 Å². The molecule has 1 N–H and O–H groups in total. The molecule has 0 spiro atoms. The second-order valence-corrected chi connectivity index (χ2v) is 9.73. The molecule has 0 bridgehead atoms. The van der Waals surface area contributed by atoms with E-state index < -0.39 is 0 Å². The van der Waals surface area contributed by atoms with Gasteiger partial charge in [0.1, 0.15) is 18.1 Å². The van der Waals surface area contributed by atoms with Gasteiger partial charge in [-0.3, -0.25) is 4.79 Å². The average molecular weight is 555 g/mol. The van der Waals surface area contributed by atoms with Gasteiger partial charge < -0.3 is 28.8 Å². The Morgan fingerprint density at radius 1 is 1.05 bits per heavy atom. The summed E-state index contributed by atoms with van der Waals surface area (Å²) in [5, 5.41) is 2.49. The molecule has 6 rings (SSSR count). The van der Waals surface area contributed by atoms with E-state index in [0.29, 0.717) is 36.4 Å². The summed E-state index contributed by atoms with van der Waals surface area (Å²) in [5.41, 5.74) is 4.33. The number of benzene rings is 3. The minimum absolute atomic E-state index is 0.169. The molecule has 0 radical (unpaired) electrons. The number of fused-ring (bicyclic) bond motifs is 3. The lowest BCUT2D eigenvalue weighted by molar-refractivity contribution is -0.120. The van der Waals surface area contributed by atoms with Crippen LogP contribution < -0.4 is 9.47 Å². The number of H-pyrrole nitrogens is 1. The van der Waals surface area contributed by atoms with E-state index >= 15 is 0 Å². The summed E-state index contributed by atoms with van der Waals surface area (Å²) in [7, 11) is 1.60. The highest BCUT2D eigenvalue weighted by atomic mass is 35.5. The number of para-hydroxylation sites is 1. The molecule has 2 aliphatic rings. The van der Waals surface area contributed by atoms with Gasteiger partial charge in [-0.05, 0) is 60.0 Å². The Labute approximate surface area is 231 Å². The van der Waals surface area contributed by atoms with Crippen molar-refractivity contribution in [3.63, 3.8) is 0 Å². The molecule has 1 fully saturated rings. The SMILES string of the molecule is COc1ccccc1Cl.O=CN1CCc2c([nH]c3ccc(Cl)cc23)C1c1ccc(OCC2OCCO2)cc1. The van der Waals surface area contributed by atoms with Crippen molar-refractivity contribution in [3.8, 4) is 11.5 Å². The second kappa shape index (κ2) is 12.1. The Hall–Kier alpha value is -3.23.